The summed E-state index contributed by atoms with van der Waals surface area (Å²) in [4.78, 5) is 0.816. The van der Waals surface area contributed by atoms with Gasteiger partial charge in [0.1, 0.15) is 10.8 Å². The monoisotopic (exact) mass is 258 g/mol. The summed E-state index contributed by atoms with van der Waals surface area (Å²) in [7, 11) is 0. The lowest BCUT2D eigenvalue weighted by Gasteiger charge is -2.14. The molecule has 0 spiro atoms. The van der Waals surface area contributed by atoms with Crippen LogP contribution in [0.5, 0.6) is 0 Å². The summed E-state index contributed by atoms with van der Waals surface area (Å²) in [5.74, 6) is 1.06. The average Bonchev–Trinajstić information content (AvgIpc) is 2.84. The van der Waals surface area contributed by atoms with Crippen LogP contribution in [0.1, 0.15) is 32.4 Å². The first-order chi connectivity index (χ1) is 7.52. The van der Waals surface area contributed by atoms with Crippen molar-refractivity contribution in [1.82, 2.24) is 19.8 Å². The lowest BCUT2D eigenvalue weighted by molar-refractivity contribution is 0.521. The molecule has 0 aliphatic carbocycles. The molecule has 2 aromatic heterocycles. The molecule has 2 rings (SSSR count). The molecule has 7 heteroatoms. The normalized spacial score (nSPS) is 12.0. The van der Waals surface area contributed by atoms with Gasteiger partial charge in [0, 0.05) is 5.41 Å². The van der Waals surface area contributed by atoms with Crippen LogP contribution in [-0.4, -0.2) is 19.8 Å². The Morgan fingerprint density at radius 2 is 2.00 bits per heavy atom. The average molecular weight is 259 g/mol. The molecule has 5 nitrogen and oxygen atoms in total. The van der Waals surface area contributed by atoms with Gasteiger partial charge >= 0.3 is 0 Å². The second-order valence-electron chi connectivity index (χ2n) is 4.34. The third-order valence-electron chi connectivity index (χ3n) is 1.97. The van der Waals surface area contributed by atoms with E-state index in [1.165, 1.54) is 11.5 Å². The Labute approximate surface area is 102 Å². The summed E-state index contributed by atoms with van der Waals surface area (Å²) >= 11 is 6.86. The highest BCUT2D eigenvalue weighted by Gasteiger charge is 2.26. The van der Waals surface area contributed by atoms with Gasteiger partial charge in [0.2, 0.25) is 5.89 Å². The van der Waals surface area contributed by atoms with Crippen molar-refractivity contribution in [2.45, 2.75) is 32.1 Å². The molecule has 0 N–H and O–H groups in total. The van der Waals surface area contributed by atoms with Crippen molar-refractivity contribution >= 4 is 23.1 Å². The molecule has 0 aromatic carbocycles. The van der Waals surface area contributed by atoms with Gasteiger partial charge in [-0.15, -0.1) is 26.9 Å². The molecule has 0 aliphatic rings. The van der Waals surface area contributed by atoms with Crippen LogP contribution < -0.4 is 0 Å². The van der Waals surface area contributed by atoms with Gasteiger partial charge < -0.3 is 4.42 Å². The first kappa shape index (κ1) is 11.5. The summed E-state index contributed by atoms with van der Waals surface area (Å²) in [6, 6.07) is 0. The van der Waals surface area contributed by atoms with Crippen LogP contribution in [0.2, 0.25) is 0 Å². The van der Waals surface area contributed by atoms with Crippen molar-refractivity contribution in [3.63, 3.8) is 0 Å². The molecule has 2 aromatic rings. The van der Waals surface area contributed by atoms with Crippen molar-refractivity contribution in [2.75, 3.05) is 0 Å². The van der Waals surface area contributed by atoms with Crippen molar-refractivity contribution in [3.8, 4) is 10.8 Å². The molecule has 0 aliphatic heterocycles. The first-order valence-corrected chi connectivity index (χ1v) is 6.04. The fourth-order valence-corrected chi connectivity index (χ4v) is 2.13. The highest BCUT2D eigenvalue weighted by molar-refractivity contribution is 7.09. The molecule has 0 radical (unpaired) electrons. The molecule has 86 valence electrons. The van der Waals surface area contributed by atoms with Gasteiger partial charge in [0.15, 0.2) is 0 Å². The third-order valence-corrected chi connectivity index (χ3v) is 2.92. The molecule has 0 saturated heterocycles. The third kappa shape index (κ3) is 2.08. The molecular weight excluding hydrogens is 248 g/mol. The number of hydrogen-bond donors (Lipinski definition) is 0. The van der Waals surface area contributed by atoms with E-state index >= 15 is 0 Å². The number of nitrogens with zero attached hydrogens (tertiary/aromatic N) is 4. The predicted molar refractivity (Wildman–Crippen MR) is 61.5 cm³/mol. The maximum Gasteiger partial charge on any atom is 0.261 e. The van der Waals surface area contributed by atoms with Crippen molar-refractivity contribution < 1.29 is 4.42 Å². The van der Waals surface area contributed by atoms with Gasteiger partial charge in [-0.2, -0.15) is 0 Å². The van der Waals surface area contributed by atoms with E-state index in [0.29, 0.717) is 11.8 Å². The van der Waals surface area contributed by atoms with Gasteiger partial charge in [-0.1, -0.05) is 25.3 Å². The zero-order valence-corrected chi connectivity index (χ0v) is 10.8. The van der Waals surface area contributed by atoms with Gasteiger partial charge in [-0.25, -0.2) is 0 Å². The second kappa shape index (κ2) is 4.10. The number of hydrogen-bond acceptors (Lipinski definition) is 6. The molecule has 0 bridgehead atoms. The summed E-state index contributed by atoms with van der Waals surface area (Å²) in [5, 5.41) is 11.9. The van der Waals surface area contributed by atoms with Crippen LogP contribution in [0.4, 0.5) is 0 Å². The van der Waals surface area contributed by atoms with Gasteiger partial charge in [0.25, 0.3) is 5.89 Å². The quantitative estimate of drug-likeness (QED) is 0.775. The summed E-state index contributed by atoms with van der Waals surface area (Å²) < 4.78 is 9.32. The van der Waals surface area contributed by atoms with E-state index in [0.717, 1.165) is 10.6 Å². The zero-order valence-electron chi connectivity index (χ0n) is 9.19. The van der Waals surface area contributed by atoms with E-state index in [-0.39, 0.29) is 11.3 Å². The molecule has 0 atom stereocenters. The Hall–Kier alpha value is -1.01. The van der Waals surface area contributed by atoms with E-state index in [1.54, 1.807) is 0 Å². The van der Waals surface area contributed by atoms with Crippen LogP contribution in [0.25, 0.3) is 10.8 Å². The van der Waals surface area contributed by atoms with Crippen molar-refractivity contribution in [3.05, 3.63) is 11.6 Å². The molecule has 2 heterocycles. The standard InChI is InChI=1S/C9H11ClN4OS/c1-9(2,3)7-6(16-14-12-7)8-13-11-5(4-10)15-8/h4H2,1-3H3. The molecule has 0 amide bonds. The molecule has 0 saturated carbocycles. The Balaban J connectivity index is 2.44. The van der Waals surface area contributed by atoms with Gasteiger partial charge in [-0.3, -0.25) is 0 Å². The predicted octanol–water partition coefficient (Wildman–Crippen LogP) is 2.62. The van der Waals surface area contributed by atoms with E-state index < -0.39 is 0 Å². The number of aromatic nitrogens is 4. The minimum atomic E-state index is -0.0993. The number of halogens is 1. The Morgan fingerprint density at radius 3 is 2.56 bits per heavy atom. The highest BCUT2D eigenvalue weighted by atomic mass is 35.5. The first-order valence-electron chi connectivity index (χ1n) is 4.74. The number of alkyl halides is 1. The lowest BCUT2D eigenvalue weighted by atomic mass is 9.91. The molecule has 0 fully saturated rings. The Kier molecular flexibility index (Phi) is 2.94. The SMILES string of the molecule is CC(C)(C)c1nnsc1-c1nnc(CCl)o1. The summed E-state index contributed by atoms with van der Waals surface area (Å²) in [5.41, 5.74) is 0.764. The zero-order chi connectivity index (χ0) is 11.8. The smallest absolute Gasteiger partial charge is 0.261 e. The molecule has 0 unspecified atom stereocenters. The Bertz CT molecular complexity index is 488. The van der Waals surface area contributed by atoms with Crippen molar-refractivity contribution in [1.29, 1.82) is 0 Å². The molecule has 16 heavy (non-hydrogen) atoms. The van der Waals surface area contributed by atoms with Crippen molar-refractivity contribution in [2.24, 2.45) is 0 Å². The van der Waals surface area contributed by atoms with E-state index in [4.69, 9.17) is 16.0 Å². The van der Waals surface area contributed by atoms with Crippen LogP contribution >= 0.6 is 23.1 Å². The van der Waals surface area contributed by atoms with Crippen LogP contribution in [-0.2, 0) is 11.3 Å². The lowest BCUT2D eigenvalue weighted by Crippen LogP contribution is -2.13. The highest BCUT2D eigenvalue weighted by Crippen LogP contribution is 2.33. The van der Waals surface area contributed by atoms with Crippen LogP contribution in [0.15, 0.2) is 4.42 Å². The summed E-state index contributed by atoms with van der Waals surface area (Å²) in [6.45, 7) is 6.18. The Morgan fingerprint density at radius 1 is 1.25 bits per heavy atom. The fourth-order valence-electron chi connectivity index (χ4n) is 1.22. The van der Waals surface area contributed by atoms with Gasteiger partial charge in [-0.05, 0) is 11.5 Å². The largest absolute Gasteiger partial charge is 0.418 e. The van der Waals surface area contributed by atoms with E-state index in [9.17, 15) is 0 Å². The number of rotatable bonds is 2. The second-order valence-corrected chi connectivity index (χ2v) is 5.36. The minimum Gasteiger partial charge on any atom is -0.418 e. The van der Waals surface area contributed by atoms with Crippen LogP contribution in [0, 0.1) is 0 Å². The topological polar surface area (TPSA) is 64.7 Å². The van der Waals surface area contributed by atoms with Crippen LogP contribution in [0.3, 0.4) is 0 Å². The fraction of sp³-hybridized carbons (Fsp3) is 0.556. The van der Waals surface area contributed by atoms with E-state index in [2.05, 4.69) is 40.6 Å². The maximum absolute atomic E-state index is 5.61. The minimum absolute atomic E-state index is 0.0993. The van der Waals surface area contributed by atoms with Gasteiger partial charge in [0.05, 0.1) is 5.69 Å². The summed E-state index contributed by atoms with van der Waals surface area (Å²) in [6.07, 6.45) is 0. The van der Waals surface area contributed by atoms with E-state index in [1.807, 2.05) is 0 Å². The molecular formula is C9H11ClN4OS. The maximum atomic E-state index is 5.61.